The van der Waals surface area contributed by atoms with Crippen molar-refractivity contribution in [2.45, 2.75) is 47.9 Å². The summed E-state index contributed by atoms with van der Waals surface area (Å²) in [5.41, 5.74) is 3.25. The Bertz CT molecular complexity index is 755. The molecule has 0 spiro atoms. The van der Waals surface area contributed by atoms with Crippen LogP contribution in [0.2, 0.25) is 29.6 Å². The van der Waals surface area contributed by atoms with E-state index in [1.807, 2.05) is 0 Å². The average Bonchev–Trinajstić information content (AvgIpc) is 3.13. The molecule has 134 valence electrons. The fraction of sp³-hybridized carbons (Fsp3) is 0.429. The Morgan fingerprint density at radius 2 is 1.16 bits per heavy atom. The first-order chi connectivity index (χ1) is 11.5. The molecule has 25 heavy (non-hydrogen) atoms. The predicted octanol–water partition coefficient (Wildman–Crippen LogP) is 6.32. The van der Waals surface area contributed by atoms with Crippen LogP contribution in [0.15, 0.2) is 37.4 Å². The van der Waals surface area contributed by atoms with Gasteiger partial charge < -0.3 is 0 Å². The van der Waals surface area contributed by atoms with Crippen LogP contribution in [0.1, 0.15) is 24.0 Å². The Kier molecular flexibility index (Phi) is 5.52. The van der Waals surface area contributed by atoms with Crippen LogP contribution < -0.4 is 5.79 Å². The van der Waals surface area contributed by atoms with Gasteiger partial charge in [-0.2, -0.15) is 0 Å². The molecule has 0 amide bonds. The second kappa shape index (κ2) is 6.82. The fourth-order valence-corrected chi connectivity index (χ4v) is 16.8. The van der Waals surface area contributed by atoms with E-state index in [1.54, 1.807) is 26.7 Å². The standard InChI is InChI=1S/C15H12S2.6CH3.2Sn/c1-3-7-15(8-4-2)11-5-9-16-13(11)14-12(15)6-10-17-14;;;;;;;;/h3-6H,1-2,7-8H2;6*1H3;;. The molecule has 2 aromatic heterocycles. The Morgan fingerprint density at radius 1 is 0.800 bits per heavy atom. The molecule has 4 heteroatoms. The van der Waals surface area contributed by atoms with Crippen LogP contribution in [0, 0.1) is 0 Å². The van der Waals surface area contributed by atoms with Gasteiger partial charge in [0.1, 0.15) is 0 Å². The van der Waals surface area contributed by atoms with Crippen molar-refractivity contribution in [1.82, 2.24) is 0 Å². The number of thiophene rings is 2. The summed E-state index contributed by atoms with van der Waals surface area (Å²) in [5.74, 6) is 0. The van der Waals surface area contributed by atoms with Gasteiger partial charge in [0.2, 0.25) is 0 Å². The molecule has 3 rings (SSSR count). The van der Waals surface area contributed by atoms with E-state index >= 15 is 0 Å². The van der Waals surface area contributed by atoms with Gasteiger partial charge in [-0.1, -0.05) is 0 Å². The van der Waals surface area contributed by atoms with Crippen molar-refractivity contribution in [3.8, 4) is 9.75 Å². The third-order valence-electron chi connectivity index (χ3n) is 5.17. The van der Waals surface area contributed by atoms with Gasteiger partial charge in [-0.05, 0) is 0 Å². The Hall–Kier alpha value is 0.477. The predicted molar refractivity (Wildman–Crippen MR) is 124 cm³/mol. The number of allylic oxidation sites excluding steroid dienone is 2. The molecule has 0 N–H and O–H groups in total. The molecule has 2 heterocycles. The van der Waals surface area contributed by atoms with Crippen molar-refractivity contribution < 1.29 is 0 Å². The molecule has 0 radical (unpaired) electrons. The first-order valence-electron chi connectivity index (χ1n) is 9.06. The van der Waals surface area contributed by atoms with Crippen molar-refractivity contribution in [1.29, 1.82) is 0 Å². The summed E-state index contributed by atoms with van der Waals surface area (Å²) < 4.78 is 3.41. The van der Waals surface area contributed by atoms with E-state index in [9.17, 15) is 0 Å². The van der Waals surface area contributed by atoms with Crippen LogP contribution in [0.5, 0.6) is 0 Å². The molecule has 0 saturated heterocycles. The summed E-state index contributed by atoms with van der Waals surface area (Å²) in [6.45, 7) is 8.21. The minimum atomic E-state index is -2.07. The van der Waals surface area contributed by atoms with Crippen molar-refractivity contribution in [3.05, 3.63) is 48.6 Å². The Labute approximate surface area is 169 Å². The first kappa shape index (κ1) is 20.2. The zero-order chi connectivity index (χ0) is 18.6. The molecule has 0 fully saturated rings. The average molecular weight is 584 g/mol. The van der Waals surface area contributed by atoms with E-state index in [0.717, 1.165) is 12.8 Å². The van der Waals surface area contributed by atoms with Crippen molar-refractivity contribution >= 4 is 65.2 Å². The van der Waals surface area contributed by atoms with Crippen molar-refractivity contribution in [3.63, 3.8) is 0 Å². The van der Waals surface area contributed by atoms with E-state index in [2.05, 4.69) is 89.8 Å². The SMILES string of the molecule is C=CCC1(CC=C)c2c[c]([Sn]([CH3])([CH3])[CH3])sc2-c2s[c]([Sn]([CH3])([CH3])[CH3])cc21. The van der Waals surface area contributed by atoms with Crippen LogP contribution in [0.4, 0.5) is 0 Å². The molecule has 2 aromatic rings. The molecule has 0 aliphatic heterocycles. The van der Waals surface area contributed by atoms with E-state index in [4.69, 9.17) is 0 Å². The van der Waals surface area contributed by atoms with E-state index in [-0.39, 0.29) is 5.41 Å². The fourth-order valence-electron chi connectivity index (χ4n) is 3.73. The molecule has 0 saturated carbocycles. The third-order valence-corrected chi connectivity index (χ3v) is 26.5. The van der Waals surface area contributed by atoms with Gasteiger partial charge in [0.05, 0.1) is 0 Å². The third kappa shape index (κ3) is 3.38. The molecule has 1 aliphatic carbocycles. The zero-order valence-electron chi connectivity index (χ0n) is 16.5. The molecular formula is C21H30S2Sn2. The molecule has 0 nitrogen and oxygen atoms in total. The molecule has 0 unspecified atom stereocenters. The zero-order valence-corrected chi connectivity index (χ0v) is 23.8. The molecule has 1 aliphatic rings. The van der Waals surface area contributed by atoms with Gasteiger partial charge in [0, 0.05) is 0 Å². The van der Waals surface area contributed by atoms with Gasteiger partial charge in [-0.15, -0.1) is 0 Å². The molecule has 0 atom stereocenters. The first-order valence-corrected chi connectivity index (χ1v) is 30.7. The quantitative estimate of drug-likeness (QED) is 0.276. The van der Waals surface area contributed by atoms with Gasteiger partial charge in [0.25, 0.3) is 0 Å². The summed E-state index contributed by atoms with van der Waals surface area (Å²) in [6, 6.07) is 5.16. The normalized spacial score (nSPS) is 15.8. The summed E-state index contributed by atoms with van der Waals surface area (Å²) in [7, 11) is 0. The Morgan fingerprint density at radius 3 is 1.44 bits per heavy atom. The van der Waals surface area contributed by atoms with E-state index < -0.39 is 36.8 Å². The maximum atomic E-state index is 4.11. The van der Waals surface area contributed by atoms with Crippen molar-refractivity contribution in [2.24, 2.45) is 0 Å². The van der Waals surface area contributed by atoms with Crippen LogP contribution in [0.25, 0.3) is 9.75 Å². The number of hydrogen-bond donors (Lipinski definition) is 0. The number of rotatable bonds is 6. The Balaban J connectivity index is 2.30. The maximum absolute atomic E-state index is 4.11. The van der Waals surface area contributed by atoms with Crippen LogP contribution in [-0.4, -0.2) is 36.8 Å². The van der Waals surface area contributed by atoms with Crippen LogP contribution >= 0.6 is 22.7 Å². The van der Waals surface area contributed by atoms with E-state index in [1.165, 1.54) is 0 Å². The minimum absolute atomic E-state index is 0.0892. The topological polar surface area (TPSA) is 0 Å². The molecule has 0 aromatic carbocycles. The summed E-state index contributed by atoms with van der Waals surface area (Å²) >= 11 is 0.0757. The van der Waals surface area contributed by atoms with E-state index in [0.29, 0.717) is 0 Å². The molecular weight excluding hydrogens is 554 g/mol. The van der Waals surface area contributed by atoms with Crippen LogP contribution in [0.3, 0.4) is 0 Å². The number of hydrogen-bond acceptors (Lipinski definition) is 2. The van der Waals surface area contributed by atoms with Gasteiger partial charge in [-0.25, -0.2) is 0 Å². The second-order valence-electron chi connectivity index (χ2n) is 9.27. The second-order valence-corrected chi connectivity index (χ2v) is 42.2. The summed E-state index contributed by atoms with van der Waals surface area (Å²) in [4.78, 5) is 18.3. The van der Waals surface area contributed by atoms with Crippen molar-refractivity contribution in [2.75, 3.05) is 0 Å². The summed E-state index contributed by atoms with van der Waals surface area (Å²) in [5, 5.41) is 0. The van der Waals surface area contributed by atoms with Crippen LogP contribution in [-0.2, 0) is 5.41 Å². The van der Waals surface area contributed by atoms with Gasteiger partial charge in [0.15, 0.2) is 0 Å². The van der Waals surface area contributed by atoms with Gasteiger partial charge in [-0.3, -0.25) is 0 Å². The number of fused-ring (bicyclic) bond motifs is 3. The summed E-state index contributed by atoms with van der Waals surface area (Å²) in [6.07, 6.45) is 6.28. The molecule has 0 bridgehead atoms. The van der Waals surface area contributed by atoms with Gasteiger partial charge >= 0.3 is 171 Å². The monoisotopic (exact) mass is 586 g/mol.